The zero-order valence-corrected chi connectivity index (χ0v) is 10.2. The normalized spacial score (nSPS) is 12.6. The molecule has 0 aliphatic heterocycles. The molecule has 0 aliphatic rings. The third-order valence-electron chi connectivity index (χ3n) is 3.17. The number of hydrogen-bond acceptors (Lipinski definition) is 1. The smallest absolute Gasteiger partial charge is 0.218 e. The highest BCUT2D eigenvalue weighted by molar-refractivity contribution is 5.86. The lowest BCUT2D eigenvalue weighted by Gasteiger charge is -2.12. The summed E-state index contributed by atoms with van der Waals surface area (Å²) in [5.74, 6) is -0.0703. The monoisotopic (exact) mass is 227 g/mol. The predicted molar refractivity (Wildman–Crippen MR) is 70.9 cm³/mol. The van der Waals surface area contributed by atoms with Gasteiger partial charge in [-0.05, 0) is 34.7 Å². The second-order valence-electron chi connectivity index (χ2n) is 4.63. The van der Waals surface area contributed by atoms with Crippen molar-refractivity contribution in [2.24, 2.45) is 5.73 Å². The zero-order chi connectivity index (χ0) is 12.4. The van der Waals surface area contributed by atoms with Gasteiger partial charge in [-0.25, -0.2) is 0 Å². The first-order valence-corrected chi connectivity index (χ1v) is 5.85. The van der Waals surface area contributed by atoms with Gasteiger partial charge in [0.15, 0.2) is 0 Å². The first-order chi connectivity index (χ1) is 8.08. The van der Waals surface area contributed by atoms with Gasteiger partial charge in [-0.1, -0.05) is 43.3 Å². The SMILES string of the molecule is Cc1cc(C(C)CC(N)=O)cc2ccccc12. The van der Waals surface area contributed by atoms with Crippen molar-refractivity contribution in [3.05, 3.63) is 47.5 Å². The predicted octanol–water partition coefficient (Wildman–Crippen LogP) is 3.13. The highest BCUT2D eigenvalue weighted by atomic mass is 16.1. The van der Waals surface area contributed by atoms with Crippen LogP contribution in [0, 0.1) is 6.92 Å². The summed E-state index contributed by atoms with van der Waals surface area (Å²) in [5.41, 5.74) is 7.67. The molecule has 0 saturated heterocycles. The van der Waals surface area contributed by atoms with E-state index in [2.05, 4.69) is 31.2 Å². The van der Waals surface area contributed by atoms with Crippen LogP contribution in [0.4, 0.5) is 0 Å². The summed E-state index contributed by atoms with van der Waals surface area (Å²) in [6.45, 7) is 4.14. The van der Waals surface area contributed by atoms with E-state index in [-0.39, 0.29) is 11.8 Å². The molecule has 2 nitrogen and oxygen atoms in total. The van der Waals surface area contributed by atoms with Gasteiger partial charge in [0.2, 0.25) is 5.91 Å². The van der Waals surface area contributed by atoms with Crippen LogP contribution in [0.2, 0.25) is 0 Å². The minimum Gasteiger partial charge on any atom is -0.370 e. The van der Waals surface area contributed by atoms with E-state index >= 15 is 0 Å². The lowest BCUT2D eigenvalue weighted by molar-refractivity contribution is -0.118. The molecule has 0 spiro atoms. The molecular formula is C15H17NO. The van der Waals surface area contributed by atoms with E-state index in [0.717, 1.165) is 0 Å². The number of amides is 1. The maximum Gasteiger partial charge on any atom is 0.218 e. The summed E-state index contributed by atoms with van der Waals surface area (Å²) < 4.78 is 0. The Morgan fingerprint density at radius 3 is 2.71 bits per heavy atom. The van der Waals surface area contributed by atoms with E-state index in [4.69, 9.17) is 5.73 Å². The molecule has 1 amide bonds. The summed E-state index contributed by atoms with van der Waals surface area (Å²) in [7, 11) is 0. The van der Waals surface area contributed by atoms with Crippen molar-refractivity contribution in [2.75, 3.05) is 0 Å². The highest BCUT2D eigenvalue weighted by Gasteiger charge is 2.10. The Morgan fingerprint density at radius 1 is 1.29 bits per heavy atom. The molecule has 2 aromatic carbocycles. The number of primary amides is 1. The van der Waals surface area contributed by atoms with Gasteiger partial charge in [-0.2, -0.15) is 0 Å². The Balaban J connectivity index is 2.46. The number of hydrogen-bond donors (Lipinski definition) is 1. The number of carbonyl (C=O) groups excluding carboxylic acids is 1. The lowest BCUT2D eigenvalue weighted by Crippen LogP contribution is -2.13. The maximum atomic E-state index is 11.0. The van der Waals surface area contributed by atoms with Gasteiger partial charge in [0, 0.05) is 6.42 Å². The summed E-state index contributed by atoms with van der Waals surface area (Å²) in [6.07, 6.45) is 0.401. The molecule has 0 aliphatic carbocycles. The molecule has 1 atom stereocenters. The van der Waals surface area contributed by atoms with E-state index in [0.29, 0.717) is 6.42 Å². The average molecular weight is 227 g/mol. The van der Waals surface area contributed by atoms with E-state index in [1.54, 1.807) is 0 Å². The van der Waals surface area contributed by atoms with Crippen molar-refractivity contribution in [3.8, 4) is 0 Å². The van der Waals surface area contributed by atoms with Gasteiger partial charge in [0.1, 0.15) is 0 Å². The van der Waals surface area contributed by atoms with Crippen molar-refractivity contribution in [3.63, 3.8) is 0 Å². The second kappa shape index (κ2) is 4.58. The topological polar surface area (TPSA) is 43.1 Å². The standard InChI is InChI=1S/C15H17NO/c1-10(8-15(16)17)13-7-11(2)14-6-4-3-5-12(14)9-13/h3-7,9-10H,8H2,1-2H3,(H2,16,17). The van der Waals surface area contributed by atoms with Crippen LogP contribution < -0.4 is 5.73 Å². The Morgan fingerprint density at radius 2 is 2.00 bits per heavy atom. The molecule has 88 valence electrons. The molecule has 0 aromatic heterocycles. The fourth-order valence-corrected chi connectivity index (χ4v) is 2.24. The fourth-order valence-electron chi connectivity index (χ4n) is 2.24. The van der Waals surface area contributed by atoms with Gasteiger partial charge in [0.05, 0.1) is 0 Å². The van der Waals surface area contributed by atoms with Crippen molar-refractivity contribution in [2.45, 2.75) is 26.2 Å². The number of rotatable bonds is 3. The number of nitrogens with two attached hydrogens (primary N) is 1. The Hall–Kier alpha value is -1.83. The largest absolute Gasteiger partial charge is 0.370 e. The molecule has 2 heteroatoms. The number of aryl methyl sites for hydroxylation is 1. The first kappa shape index (κ1) is 11.6. The molecule has 2 N–H and O–H groups in total. The third kappa shape index (κ3) is 2.47. The fraction of sp³-hybridized carbons (Fsp3) is 0.267. The quantitative estimate of drug-likeness (QED) is 0.860. The van der Waals surface area contributed by atoms with Crippen molar-refractivity contribution < 1.29 is 4.79 Å². The first-order valence-electron chi connectivity index (χ1n) is 5.85. The van der Waals surface area contributed by atoms with Crippen LogP contribution >= 0.6 is 0 Å². The Kier molecular flexibility index (Phi) is 3.14. The van der Waals surface area contributed by atoms with Crippen LogP contribution in [-0.4, -0.2) is 5.91 Å². The van der Waals surface area contributed by atoms with Gasteiger partial charge in [-0.15, -0.1) is 0 Å². The van der Waals surface area contributed by atoms with Crippen molar-refractivity contribution in [1.29, 1.82) is 0 Å². The van der Waals surface area contributed by atoms with E-state index in [9.17, 15) is 4.79 Å². The molecule has 0 bridgehead atoms. The van der Waals surface area contributed by atoms with E-state index in [1.807, 2.05) is 19.1 Å². The van der Waals surface area contributed by atoms with Gasteiger partial charge < -0.3 is 5.73 Å². The maximum absolute atomic E-state index is 11.0. The average Bonchev–Trinajstić information content (AvgIpc) is 2.28. The molecule has 17 heavy (non-hydrogen) atoms. The Labute approximate surface area is 101 Å². The molecule has 2 rings (SSSR count). The molecule has 1 unspecified atom stereocenters. The Bertz CT molecular complexity index is 560. The minimum absolute atomic E-state index is 0.177. The van der Waals surface area contributed by atoms with Crippen LogP contribution in [0.1, 0.15) is 30.4 Å². The zero-order valence-electron chi connectivity index (χ0n) is 10.2. The lowest BCUT2D eigenvalue weighted by atomic mass is 9.92. The van der Waals surface area contributed by atoms with Crippen molar-refractivity contribution >= 4 is 16.7 Å². The van der Waals surface area contributed by atoms with Gasteiger partial charge >= 0.3 is 0 Å². The van der Waals surface area contributed by atoms with Crippen LogP contribution in [0.15, 0.2) is 36.4 Å². The van der Waals surface area contributed by atoms with E-state index in [1.165, 1.54) is 21.9 Å². The third-order valence-corrected chi connectivity index (χ3v) is 3.17. The van der Waals surface area contributed by atoms with Crippen LogP contribution in [0.25, 0.3) is 10.8 Å². The highest BCUT2D eigenvalue weighted by Crippen LogP contribution is 2.26. The number of benzene rings is 2. The van der Waals surface area contributed by atoms with Gasteiger partial charge in [-0.3, -0.25) is 4.79 Å². The summed E-state index contributed by atoms with van der Waals surface area (Å²) in [4.78, 5) is 11.0. The second-order valence-corrected chi connectivity index (χ2v) is 4.63. The molecular weight excluding hydrogens is 210 g/mol. The van der Waals surface area contributed by atoms with Crippen LogP contribution in [0.5, 0.6) is 0 Å². The van der Waals surface area contributed by atoms with Gasteiger partial charge in [0.25, 0.3) is 0 Å². The summed E-state index contributed by atoms with van der Waals surface area (Å²) >= 11 is 0. The van der Waals surface area contributed by atoms with E-state index < -0.39 is 0 Å². The van der Waals surface area contributed by atoms with Crippen molar-refractivity contribution in [1.82, 2.24) is 0 Å². The van der Waals surface area contributed by atoms with Crippen LogP contribution in [0.3, 0.4) is 0 Å². The molecule has 2 aromatic rings. The minimum atomic E-state index is -0.247. The molecule has 0 fully saturated rings. The number of carbonyl (C=O) groups is 1. The molecule has 0 saturated carbocycles. The molecule has 0 heterocycles. The summed E-state index contributed by atoms with van der Waals surface area (Å²) in [6, 6.07) is 12.6. The van der Waals surface area contributed by atoms with Crippen LogP contribution in [-0.2, 0) is 4.79 Å². The number of fused-ring (bicyclic) bond motifs is 1. The molecule has 0 radical (unpaired) electrons. The summed E-state index contributed by atoms with van der Waals surface area (Å²) in [5, 5.41) is 2.49.